The molecule has 0 bridgehead atoms. The third kappa shape index (κ3) is 6.05. The van der Waals surface area contributed by atoms with Crippen molar-refractivity contribution >= 4 is 11.8 Å². The van der Waals surface area contributed by atoms with Gasteiger partial charge in [-0.1, -0.05) is 84.9 Å². The average Bonchev–Trinajstić information content (AvgIpc) is 2.91. The van der Waals surface area contributed by atoms with Crippen LogP contribution in [0, 0.1) is 11.3 Å². The Morgan fingerprint density at radius 2 is 1.26 bits per heavy atom. The molecule has 0 saturated carbocycles. The molecular weight excluding hydrogens is 420 g/mol. The fourth-order valence-corrected chi connectivity index (χ4v) is 3.47. The lowest BCUT2D eigenvalue weighted by molar-refractivity contribution is 0.256. The number of hydrogen-bond donors (Lipinski definition) is 0. The van der Waals surface area contributed by atoms with Crippen LogP contribution >= 0.6 is 0 Å². The number of ether oxygens (including phenoxy) is 2. The maximum absolute atomic E-state index is 9.79. The van der Waals surface area contributed by atoms with Crippen molar-refractivity contribution in [2.75, 3.05) is 11.9 Å². The summed E-state index contributed by atoms with van der Waals surface area (Å²) < 4.78 is 12.3. The van der Waals surface area contributed by atoms with Gasteiger partial charge in [0.1, 0.15) is 25.0 Å². The number of para-hydroxylation sites is 1. The third-order valence-electron chi connectivity index (χ3n) is 5.36. The van der Waals surface area contributed by atoms with Gasteiger partial charge in [0.2, 0.25) is 0 Å². The fourth-order valence-electron chi connectivity index (χ4n) is 3.47. The van der Waals surface area contributed by atoms with E-state index in [9.17, 15) is 5.26 Å². The molecule has 0 aliphatic rings. The topological polar surface area (TPSA) is 45.5 Å². The van der Waals surface area contributed by atoms with Crippen LogP contribution in [-0.4, -0.2) is 7.05 Å². The smallest absolute Gasteiger partial charge is 0.162 e. The van der Waals surface area contributed by atoms with Crippen LogP contribution in [0.1, 0.15) is 16.7 Å². The Bertz CT molecular complexity index is 1260. The standard InChI is InChI=1S/C30H26N2O2/c1-32(27-15-9-4-10-16-27)28(21-31)19-26-17-18-29(33-22-24-11-5-2-6-12-24)30(20-26)34-23-25-13-7-3-8-14-25/h2-20H,22-23H2,1H3. The van der Waals surface area contributed by atoms with E-state index in [2.05, 4.69) is 6.07 Å². The third-order valence-corrected chi connectivity index (χ3v) is 5.36. The van der Waals surface area contributed by atoms with Gasteiger partial charge in [-0.25, -0.2) is 0 Å². The van der Waals surface area contributed by atoms with E-state index < -0.39 is 0 Å². The van der Waals surface area contributed by atoms with Crippen molar-refractivity contribution in [1.82, 2.24) is 0 Å². The van der Waals surface area contributed by atoms with Gasteiger partial charge >= 0.3 is 0 Å². The highest BCUT2D eigenvalue weighted by atomic mass is 16.5. The largest absolute Gasteiger partial charge is 0.485 e. The minimum Gasteiger partial charge on any atom is -0.485 e. The zero-order valence-corrected chi connectivity index (χ0v) is 19.1. The molecule has 0 radical (unpaired) electrons. The Kier molecular flexibility index (Phi) is 7.61. The predicted octanol–water partition coefficient (Wildman–Crippen LogP) is 6.85. The maximum Gasteiger partial charge on any atom is 0.162 e. The van der Waals surface area contributed by atoms with E-state index in [0.29, 0.717) is 30.4 Å². The van der Waals surface area contributed by atoms with Crippen LogP contribution in [0.15, 0.2) is 115 Å². The molecule has 4 aromatic rings. The molecular formula is C30H26N2O2. The molecule has 0 N–H and O–H groups in total. The number of anilines is 1. The molecule has 0 amide bonds. The van der Waals surface area contributed by atoms with Crippen molar-refractivity contribution in [3.63, 3.8) is 0 Å². The normalized spacial score (nSPS) is 10.9. The second kappa shape index (κ2) is 11.4. The van der Waals surface area contributed by atoms with Gasteiger partial charge in [-0.3, -0.25) is 0 Å². The Hall–Kier alpha value is -4.49. The molecule has 0 aliphatic carbocycles. The summed E-state index contributed by atoms with van der Waals surface area (Å²) in [5.74, 6) is 1.29. The summed E-state index contributed by atoms with van der Waals surface area (Å²) in [5, 5.41) is 9.79. The molecule has 34 heavy (non-hydrogen) atoms. The molecule has 0 unspecified atom stereocenters. The molecule has 168 valence electrons. The van der Waals surface area contributed by atoms with Crippen LogP contribution in [0.5, 0.6) is 11.5 Å². The number of hydrogen-bond acceptors (Lipinski definition) is 4. The first kappa shape index (κ1) is 22.7. The summed E-state index contributed by atoms with van der Waals surface area (Å²) in [6.45, 7) is 0.864. The van der Waals surface area contributed by atoms with Crippen LogP contribution in [0.25, 0.3) is 6.08 Å². The van der Waals surface area contributed by atoms with E-state index in [0.717, 1.165) is 22.4 Å². The van der Waals surface area contributed by atoms with Crippen molar-refractivity contribution in [3.05, 3.63) is 132 Å². The number of benzene rings is 4. The minimum atomic E-state index is 0.421. The quantitative estimate of drug-likeness (QED) is 0.264. The lowest BCUT2D eigenvalue weighted by Crippen LogP contribution is -2.14. The number of nitrogens with zero attached hydrogens (tertiary/aromatic N) is 2. The zero-order chi connectivity index (χ0) is 23.6. The lowest BCUT2D eigenvalue weighted by atomic mass is 10.1. The Morgan fingerprint density at radius 1 is 0.735 bits per heavy atom. The van der Waals surface area contributed by atoms with E-state index in [1.807, 2.05) is 127 Å². The summed E-state index contributed by atoms with van der Waals surface area (Å²) in [4.78, 5) is 1.87. The molecule has 0 spiro atoms. The van der Waals surface area contributed by atoms with Crippen molar-refractivity contribution in [3.8, 4) is 17.6 Å². The Morgan fingerprint density at radius 3 is 1.82 bits per heavy atom. The van der Waals surface area contributed by atoms with E-state index in [1.54, 1.807) is 0 Å². The molecule has 4 heteroatoms. The molecule has 0 aromatic heterocycles. The highest BCUT2D eigenvalue weighted by molar-refractivity contribution is 5.67. The van der Waals surface area contributed by atoms with Gasteiger partial charge in [-0.2, -0.15) is 5.26 Å². The Labute approximate surface area is 200 Å². The van der Waals surface area contributed by atoms with E-state index in [1.165, 1.54) is 0 Å². The van der Waals surface area contributed by atoms with Crippen molar-refractivity contribution in [1.29, 1.82) is 5.26 Å². The Balaban J connectivity index is 1.59. The second-order valence-corrected chi connectivity index (χ2v) is 7.79. The monoisotopic (exact) mass is 446 g/mol. The first-order valence-electron chi connectivity index (χ1n) is 11.1. The number of nitriles is 1. The van der Waals surface area contributed by atoms with Gasteiger partial charge in [0.25, 0.3) is 0 Å². The summed E-state index contributed by atoms with van der Waals surface area (Å²) >= 11 is 0. The van der Waals surface area contributed by atoms with Gasteiger partial charge in [0, 0.05) is 12.7 Å². The van der Waals surface area contributed by atoms with Gasteiger partial charge < -0.3 is 14.4 Å². The first-order valence-corrected chi connectivity index (χ1v) is 11.1. The van der Waals surface area contributed by atoms with Crippen molar-refractivity contribution in [2.45, 2.75) is 13.2 Å². The molecule has 0 aliphatic heterocycles. The summed E-state index contributed by atoms with van der Waals surface area (Å²) in [6.07, 6.45) is 1.85. The van der Waals surface area contributed by atoms with Gasteiger partial charge in [0.15, 0.2) is 11.5 Å². The van der Waals surface area contributed by atoms with E-state index >= 15 is 0 Å². The van der Waals surface area contributed by atoms with Crippen LogP contribution in [0.4, 0.5) is 5.69 Å². The van der Waals surface area contributed by atoms with Gasteiger partial charge in [-0.05, 0) is 47.0 Å². The summed E-state index contributed by atoms with van der Waals surface area (Å²) in [6, 6.07) is 37.9. The first-order chi connectivity index (χ1) is 16.7. The number of rotatable bonds is 9. The van der Waals surface area contributed by atoms with Gasteiger partial charge in [0.05, 0.1) is 0 Å². The molecule has 0 heterocycles. The lowest BCUT2D eigenvalue weighted by Gasteiger charge is -2.18. The van der Waals surface area contributed by atoms with Crippen LogP contribution in [0.3, 0.4) is 0 Å². The number of allylic oxidation sites excluding steroid dienone is 1. The molecule has 4 aromatic carbocycles. The molecule has 0 fully saturated rings. The van der Waals surface area contributed by atoms with Crippen molar-refractivity contribution < 1.29 is 9.47 Å². The minimum absolute atomic E-state index is 0.421. The van der Waals surface area contributed by atoms with Crippen LogP contribution in [-0.2, 0) is 13.2 Å². The average molecular weight is 447 g/mol. The zero-order valence-electron chi connectivity index (χ0n) is 19.1. The predicted molar refractivity (Wildman–Crippen MR) is 136 cm³/mol. The molecule has 4 nitrogen and oxygen atoms in total. The molecule has 0 saturated heterocycles. The maximum atomic E-state index is 9.79. The highest BCUT2D eigenvalue weighted by Crippen LogP contribution is 2.31. The SMILES string of the molecule is CN(C(C#N)=Cc1ccc(OCc2ccccc2)c(OCc2ccccc2)c1)c1ccccc1. The van der Waals surface area contributed by atoms with Crippen molar-refractivity contribution in [2.24, 2.45) is 0 Å². The summed E-state index contributed by atoms with van der Waals surface area (Å²) in [7, 11) is 1.88. The van der Waals surface area contributed by atoms with Crippen LogP contribution < -0.4 is 14.4 Å². The fraction of sp³-hybridized carbons (Fsp3) is 0.100. The van der Waals surface area contributed by atoms with E-state index in [-0.39, 0.29) is 0 Å². The second-order valence-electron chi connectivity index (χ2n) is 7.79. The van der Waals surface area contributed by atoms with E-state index in [4.69, 9.17) is 9.47 Å². The molecule has 4 rings (SSSR count). The van der Waals surface area contributed by atoms with Crippen LogP contribution in [0.2, 0.25) is 0 Å². The molecule has 0 atom stereocenters. The van der Waals surface area contributed by atoms with Gasteiger partial charge in [-0.15, -0.1) is 0 Å². The highest BCUT2D eigenvalue weighted by Gasteiger charge is 2.10. The summed E-state index contributed by atoms with van der Waals surface area (Å²) in [5.41, 5.74) is 4.47.